The molecule has 336 valence electrons. The largest absolute Gasteiger partial charge is 0.756 e. The summed E-state index contributed by atoms with van der Waals surface area (Å²) in [5.74, 6) is -0.833. The van der Waals surface area contributed by atoms with Gasteiger partial charge in [-0.3, -0.25) is 18.9 Å². The van der Waals surface area contributed by atoms with Gasteiger partial charge in [0.15, 0.2) is 11.9 Å². The molecule has 0 amide bonds. The molecular formula is C48H80NO9P. The average Bonchev–Trinajstić information content (AvgIpc) is 3.18. The van der Waals surface area contributed by atoms with Gasteiger partial charge in [-0.05, 0) is 76.7 Å². The van der Waals surface area contributed by atoms with Crippen molar-refractivity contribution in [2.75, 3.05) is 47.5 Å². The zero-order chi connectivity index (χ0) is 43.7. The van der Waals surface area contributed by atoms with E-state index in [2.05, 4.69) is 68.5 Å². The summed E-state index contributed by atoms with van der Waals surface area (Å²) in [5.41, 5.74) is 0. The number of carbonyl (C=O) groups excluding carboxylic acids is 3. The van der Waals surface area contributed by atoms with Gasteiger partial charge in [0.25, 0.3) is 7.82 Å². The molecule has 0 saturated heterocycles. The molecule has 11 heteroatoms. The number of nitrogens with zero attached hydrogens (tertiary/aromatic N) is 1. The molecule has 0 heterocycles. The van der Waals surface area contributed by atoms with Crippen molar-refractivity contribution in [2.24, 2.45) is 0 Å². The minimum atomic E-state index is -4.67. The highest BCUT2D eigenvalue weighted by Gasteiger charge is 2.21. The minimum Gasteiger partial charge on any atom is -0.756 e. The molecule has 0 aromatic rings. The molecule has 0 saturated carbocycles. The van der Waals surface area contributed by atoms with Crippen molar-refractivity contribution >= 4 is 25.5 Å². The molecule has 0 bridgehead atoms. The van der Waals surface area contributed by atoms with Crippen molar-refractivity contribution in [1.29, 1.82) is 0 Å². The van der Waals surface area contributed by atoms with Crippen LogP contribution in [0.25, 0.3) is 0 Å². The van der Waals surface area contributed by atoms with Crippen molar-refractivity contribution in [1.82, 2.24) is 0 Å². The fraction of sp³-hybridized carbons (Fsp3) is 0.646. The number of rotatable bonds is 39. The molecule has 0 aromatic carbocycles. The normalized spacial score (nSPS) is 14.3. The smallest absolute Gasteiger partial charge is 0.306 e. The van der Waals surface area contributed by atoms with E-state index in [-0.39, 0.29) is 31.8 Å². The van der Waals surface area contributed by atoms with Crippen LogP contribution in [-0.4, -0.2) is 75.8 Å². The van der Waals surface area contributed by atoms with Crippen LogP contribution in [0, 0.1) is 0 Å². The average molecular weight is 846 g/mol. The van der Waals surface area contributed by atoms with Crippen molar-refractivity contribution in [2.45, 2.75) is 155 Å². The predicted molar refractivity (Wildman–Crippen MR) is 241 cm³/mol. The van der Waals surface area contributed by atoms with Crippen LogP contribution in [0.5, 0.6) is 0 Å². The summed E-state index contributed by atoms with van der Waals surface area (Å²) in [6.07, 6.45) is 46.0. The quantitative estimate of drug-likeness (QED) is 0.0113. The summed E-state index contributed by atoms with van der Waals surface area (Å²) in [5, 5.41) is 0. The Kier molecular flexibility index (Phi) is 36.9. The van der Waals surface area contributed by atoms with Crippen LogP contribution in [0.4, 0.5) is 0 Å². The maximum Gasteiger partial charge on any atom is 0.306 e. The molecule has 1 unspecified atom stereocenters. The van der Waals surface area contributed by atoms with Gasteiger partial charge in [0, 0.05) is 19.3 Å². The van der Waals surface area contributed by atoms with Crippen molar-refractivity contribution < 1.29 is 46.8 Å². The maximum absolute atomic E-state index is 12.7. The zero-order valence-corrected chi connectivity index (χ0v) is 38.3. The van der Waals surface area contributed by atoms with E-state index in [0.29, 0.717) is 30.3 Å². The first kappa shape index (κ1) is 55.9. The van der Waals surface area contributed by atoms with Gasteiger partial charge in [-0.2, -0.15) is 0 Å². The maximum atomic E-state index is 12.7. The monoisotopic (exact) mass is 846 g/mol. The number of hydrogen-bond donors (Lipinski definition) is 0. The Balaban J connectivity index is 4.56. The fourth-order valence-electron chi connectivity index (χ4n) is 5.32. The molecule has 10 nitrogen and oxygen atoms in total. The summed E-state index contributed by atoms with van der Waals surface area (Å²) in [6.45, 7) is 3.88. The first-order chi connectivity index (χ1) is 28.4. The molecular weight excluding hydrogens is 765 g/mol. The Morgan fingerprint density at radius 1 is 0.576 bits per heavy atom. The van der Waals surface area contributed by atoms with Gasteiger partial charge in [0.1, 0.15) is 19.8 Å². The Morgan fingerprint density at radius 2 is 1.10 bits per heavy atom. The molecule has 0 aliphatic carbocycles. The Morgan fingerprint density at radius 3 is 1.73 bits per heavy atom. The third kappa shape index (κ3) is 42.8. The first-order valence-electron chi connectivity index (χ1n) is 22.2. The minimum absolute atomic E-state index is 0.0623. The number of esters is 2. The number of unbranched alkanes of at least 4 members (excludes halogenated alkanes) is 10. The van der Waals surface area contributed by atoms with Gasteiger partial charge in [-0.25, -0.2) is 0 Å². The summed E-state index contributed by atoms with van der Waals surface area (Å²) >= 11 is 0. The number of hydrogen-bond acceptors (Lipinski definition) is 9. The number of phosphoric acid groups is 1. The fourth-order valence-corrected chi connectivity index (χ4v) is 6.05. The Labute approximate surface area is 358 Å². The lowest BCUT2D eigenvalue weighted by molar-refractivity contribution is -0.870. The summed E-state index contributed by atoms with van der Waals surface area (Å²) in [7, 11) is 1.06. The van der Waals surface area contributed by atoms with E-state index in [4.69, 9.17) is 18.5 Å². The van der Waals surface area contributed by atoms with E-state index in [1.165, 1.54) is 25.7 Å². The van der Waals surface area contributed by atoms with E-state index in [1.807, 2.05) is 45.4 Å². The molecule has 0 N–H and O–H groups in total. The van der Waals surface area contributed by atoms with Gasteiger partial charge in [0.05, 0.1) is 27.7 Å². The zero-order valence-electron chi connectivity index (χ0n) is 37.4. The van der Waals surface area contributed by atoms with Crippen LogP contribution in [0.3, 0.4) is 0 Å². The van der Waals surface area contributed by atoms with Crippen LogP contribution in [0.1, 0.15) is 149 Å². The van der Waals surface area contributed by atoms with Gasteiger partial charge in [0.2, 0.25) is 0 Å². The second-order valence-electron chi connectivity index (χ2n) is 15.7. The van der Waals surface area contributed by atoms with Crippen molar-refractivity contribution in [3.8, 4) is 0 Å². The van der Waals surface area contributed by atoms with Crippen LogP contribution >= 0.6 is 7.82 Å². The summed E-state index contributed by atoms with van der Waals surface area (Å²) < 4.78 is 33.7. The first-order valence-corrected chi connectivity index (χ1v) is 23.7. The van der Waals surface area contributed by atoms with Crippen molar-refractivity contribution in [3.63, 3.8) is 0 Å². The lowest BCUT2D eigenvalue weighted by Gasteiger charge is -2.28. The highest BCUT2D eigenvalue weighted by Crippen LogP contribution is 2.38. The Bertz CT molecular complexity index is 1340. The number of phosphoric ester groups is 1. The lowest BCUT2D eigenvalue weighted by atomic mass is 10.1. The lowest BCUT2D eigenvalue weighted by Crippen LogP contribution is -2.37. The molecule has 0 radical (unpaired) electrons. The highest BCUT2D eigenvalue weighted by atomic mass is 31.2. The second kappa shape index (κ2) is 39.0. The van der Waals surface area contributed by atoms with E-state index in [1.54, 1.807) is 6.08 Å². The molecule has 59 heavy (non-hydrogen) atoms. The van der Waals surface area contributed by atoms with Crippen LogP contribution in [0.15, 0.2) is 85.1 Å². The van der Waals surface area contributed by atoms with Crippen LogP contribution in [0.2, 0.25) is 0 Å². The molecule has 0 aliphatic heterocycles. The SMILES string of the molecule is CCCCC/C=C\C/C=C\C/C=C\C/C=C\C/C=C\CCC(=O)OC[C@H](COP(=O)([O-])OCC[N+](C)(C)C)OC(=O)CCCCCCC/C=C\C=C\C(=O)CCCCC. The van der Waals surface area contributed by atoms with Crippen LogP contribution < -0.4 is 4.89 Å². The highest BCUT2D eigenvalue weighted by molar-refractivity contribution is 7.45. The van der Waals surface area contributed by atoms with E-state index >= 15 is 0 Å². The third-order valence-electron chi connectivity index (χ3n) is 8.88. The van der Waals surface area contributed by atoms with Gasteiger partial charge >= 0.3 is 11.9 Å². The van der Waals surface area contributed by atoms with Crippen molar-refractivity contribution in [3.05, 3.63) is 85.1 Å². The number of ether oxygens (including phenoxy) is 2. The molecule has 2 atom stereocenters. The molecule has 0 spiro atoms. The third-order valence-corrected chi connectivity index (χ3v) is 9.84. The summed E-state index contributed by atoms with van der Waals surface area (Å²) in [6, 6.07) is 0. The number of ketones is 1. The predicted octanol–water partition coefficient (Wildman–Crippen LogP) is 11.3. The van der Waals surface area contributed by atoms with Gasteiger partial charge < -0.3 is 27.9 Å². The number of carbonyl (C=O) groups is 3. The van der Waals surface area contributed by atoms with E-state index < -0.39 is 32.5 Å². The summed E-state index contributed by atoms with van der Waals surface area (Å²) in [4.78, 5) is 49.3. The van der Waals surface area contributed by atoms with E-state index in [9.17, 15) is 23.8 Å². The second-order valence-corrected chi connectivity index (χ2v) is 17.1. The molecule has 0 fully saturated rings. The van der Waals surface area contributed by atoms with Crippen LogP contribution in [-0.2, 0) is 37.5 Å². The topological polar surface area (TPSA) is 128 Å². The van der Waals surface area contributed by atoms with E-state index in [0.717, 1.165) is 77.0 Å². The molecule has 0 aliphatic rings. The van der Waals surface area contributed by atoms with Gasteiger partial charge in [-0.15, -0.1) is 0 Å². The number of allylic oxidation sites excluding steroid dienone is 14. The standard InChI is InChI=1S/C48H80NO9P/c1-6-8-10-11-12-13-14-15-16-17-18-19-20-21-22-25-28-31-35-39-47(51)55-43-46(44-57-59(53,54)56-42-41-49(3,4)5)58-48(52)40-36-32-29-26-23-24-27-30-34-38-45(50)37-33-9-7-2/h12-13,15-16,18-19,21-22,27-28,30-31,34,38,46H,6-11,14,17,20,23-26,29,32-33,35-37,39-44H2,1-5H3/b13-12-,16-15-,19-18-,22-21-,30-27-,31-28-,38-34+/t46-/m1/s1. The number of likely N-dealkylation sites (N-methyl/N-ethyl adjacent to an activating group) is 1. The molecule has 0 rings (SSSR count). The van der Waals surface area contributed by atoms with Gasteiger partial charge in [-0.1, -0.05) is 138 Å². The Hall–Kier alpha value is -3.14. The molecule has 0 aromatic heterocycles. The number of quaternary nitrogens is 1.